The van der Waals surface area contributed by atoms with Crippen LogP contribution in [0.25, 0.3) is 16.9 Å². The third-order valence-corrected chi connectivity index (χ3v) is 5.83. The molecule has 1 heterocycles. The minimum Gasteiger partial charge on any atom is -0.287 e. The zero-order valence-electron chi connectivity index (χ0n) is 16.3. The van der Waals surface area contributed by atoms with Crippen molar-refractivity contribution < 1.29 is 22.0 Å². The summed E-state index contributed by atoms with van der Waals surface area (Å²) < 4.78 is 51.6. The predicted molar refractivity (Wildman–Crippen MR) is 112 cm³/mol. The maximum absolute atomic E-state index is 13.4. The van der Waals surface area contributed by atoms with Gasteiger partial charge in [-0.2, -0.15) is 5.10 Å². The molecule has 0 aliphatic heterocycles. The van der Waals surface area contributed by atoms with Crippen molar-refractivity contribution in [2.45, 2.75) is 4.90 Å². The highest BCUT2D eigenvalue weighted by Gasteiger charge is 2.19. The average molecular weight is 438 g/mol. The molecule has 0 saturated carbocycles. The molecule has 1 aromatic heterocycles. The second-order valence-corrected chi connectivity index (χ2v) is 8.95. The fourth-order valence-corrected chi connectivity index (χ4v) is 3.73. The lowest BCUT2D eigenvalue weighted by molar-refractivity contribution is 0.103. The van der Waals surface area contributed by atoms with Crippen molar-refractivity contribution in [2.75, 3.05) is 6.26 Å². The lowest BCUT2D eigenvalue weighted by Crippen LogP contribution is -2.05. The highest BCUT2D eigenvalue weighted by Crippen LogP contribution is 2.26. The normalized spacial score (nSPS) is 11.5. The van der Waals surface area contributed by atoms with Crippen LogP contribution in [0.15, 0.2) is 83.8 Å². The van der Waals surface area contributed by atoms with E-state index in [1.165, 1.54) is 65.3 Å². The summed E-state index contributed by atoms with van der Waals surface area (Å²) >= 11 is 0. The SMILES string of the molecule is CS(=O)(=O)c1ccc(-c2cc(C(=O)c3ccc(F)cc3)nn2-c2ccc(F)cc2)cc1. The first-order chi connectivity index (χ1) is 14.7. The summed E-state index contributed by atoms with van der Waals surface area (Å²) in [5.74, 6) is -1.28. The molecule has 0 unspecified atom stereocenters. The maximum atomic E-state index is 13.4. The Balaban J connectivity index is 1.83. The molecular formula is C23H16F2N2O3S. The number of hydrogen-bond acceptors (Lipinski definition) is 4. The Hall–Kier alpha value is -3.65. The van der Waals surface area contributed by atoms with Crippen molar-refractivity contribution in [3.05, 3.63) is 102 Å². The van der Waals surface area contributed by atoms with E-state index in [0.717, 1.165) is 6.26 Å². The van der Waals surface area contributed by atoms with Crippen LogP contribution >= 0.6 is 0 Å². The van der Waals surface area contributed by atoms with E-state index in [4.69, 9.17) is 0 Å². The lowest BCUT2D eigenvalue weighted by Gasteiger charge is -2.08. The van der Waals surface area contributed by atoms with Gasteiger partial charge in [0.25, 0.3) is 0 Å². The van der Waals surface area contributed by atoms with Crippen LogP contribution in [0.1, 0.15) is 16.1 Å². The number of carbonyl (C=O) groups excluding carboxylic acids is 1. The van der Waals surface area contributed by atoms with Crippen LogP contribution in [0.3, 0.4) is 0 Å². The van der Waals surface area contributed by atoms with Crippen molar-refractivity contribution >= 4 is 15.6 Å². The van der Waals surface area contributed by atoms with E-state index < -0.39 is 27.3 Å². The largest absolute Gasteiger partial charge is 0.287 e. The molecule has 0 atom stereocenters. The van der Waals surface area contributed by atoms with Gasteiger partial charge >= 0.3 is 0 Å². The summed E-state index contributed by atoms with van der Waals surface area (Å²) in [7, 11) is -3.37. The van der Waals surface area contributed by atoms with E-state index in [1.54, 1.807) is 18.2 Å². The molecule has 8 heteroatoms. The summed E-state index contributed by atoms with van der Waals surface area (Å²) in [5.41, 5.74) is 2.02. The predicted octanol–water partition coefficient (Wildman–Crippen LogP) is 4.45. The number of aromatic nitrogens is 2. The van der Waals surface area contributed by atoms with Crippen LogP contribution in [0.2, 0.25) is 0 Å². The van der Waals surface area contributed by atoms with E-state index in [1.807, 2.05) is 0 Å². The topological polar surface area (TPSA) is 69.0 Å². The number of ketones is 1. The molecule has 0 N–H and O–H groups in total. The van der Waals surface area contributed by atoms with E-state index in [2.05, 4.69) is 5.10 Å². The van der Waals surface area contributed by atoms with Gasteiger partial charge in [-0.1, -0.05) is 12.1 Å². The van der Waals surface area contributed by atoms with E-state index >= 15 is 0 Å². The third-order valence-electron chi connectivity index (χ3n) is 4.70. The molecule has 0 bridgehead atoms. The van der Waals surface area contributed by atoms with Gasteiger partial charge in [-0.25, -0.2) is 21.9 Å². The number of rotatable bonds is 5. The second kappa shape index (κ2) is 7.88. The van der Waals surface area contributed by atoms with Gasteiger partial charge in [0.05, 0.1) is 16.3 Å². The van der Waals surface area contributed by atoms with Crippen molar-refractivity contribution in [1.82, 2.24) is 9.78 Å². The monoisotopic (exact) mass is 438 g/mol. The van der Waals surface area contributed by atoms with Gasteiger partial charge in [0.15, 0.2) is 9.84 Å². The van der Waals surface area contributed by atoms with Crippen molar-refractivity contribution in [3.63, 3.8) is 0 Å². The molecule has 0 spiro atoms. The van der Waals surface area contributed by atoms with Gasteiger partial charge in [-0.3, -0.25) is 4.79 Å². The highest BCUT2D eigenvalue weighted by atomic mass is 32.2. The molecule has 3 aromatic carbocycles. The van der Waals surface area contributed by atoms with Gasteiger partial charge < -0.3 is 0 Å². The molecule has 31 heavy (non-hydrogen) atoms. The minimum atomic E-state index is -3.37. The van der Waals surface area contributed by atoms with E-state index in [-0.39, 0.29) is 16.2 Å². The lowest BCUT2D eigenvalue weighted by atomic mass is 10.1. The Kier molecular flexibility index (Phi) is 5.24. The number of nitrogens with zero attached hydrogens (tertiary/aromatic N) is 2. The van der Waals surface area contributed by atoms with Crippen LogP contribution < -0.4 is 0 Å². The average Bonchev–Trinajstić information content (AvgIpc) is 3.19. The Labute approximate surface area is 177 Å². The summed E-state index contributed by atoms with van der Waals surface area (Å²) in [6, 6.07) is 18.4. The molecular weight excluding hydrogens is 422 g/mol. The number of hydrogen-bond donors (Lipinski definition) is 0. The Morgan fingerprint density at radius 2 is 1.39 bits per heavy atom. The standard InChI is InChI=1S/C23H16F2N2O3S/c1-31(29,30)20-12-4-15(5-13-20)22-14-21(23(28)16-2-6-17(24)7-3-16)26-27(22)19-10-8-18(25)9-11-19/h2-14H,1H3. The molecule has 4 rings (SSSR count). The van der Waals surface area contributed by atoms with Gasteiger partial charge in [0, 0.05) is 17.4 Å². The first-order valence-electron chi connectivity index (χ1n) is 9.19. The van der Waals surface area contributed by atoms with Crippen molar-refractivity contribution in [1.29, 1.82) is 0 Å². The number of halogens is 2. The smallest absolute Gasteiger partial charge is 0.213 e. The summed E-state index contributed by atoms with van der Waals surface area (Å²) in [4.78, 5) is 13.0. The number of sulfone groups is 1. The first kappa shape index (κ1) is 20.6. The van der Waals surface area contributed by atoms with E-state index in [9.17, 15) is 22.0 Å². The van der Waals surface area contributed by atoms with Crippen LogP contribution in [-0.4, -0.2) is 30.2 Å². The van der Waals surface area contributed by atoms with Crippen molar-refractivity contribution in [3.8, 4) is 16.9 Å². The Bertz CT molecular complexity index is 1360. The van der Waals surface area contributed by atoms with E-state index in [0.29, 0.717) is 16.9 Å². The Morgan fingerprint density at radius 3 is 1.94 bits per heavy atom. The molecule has 0 radical (unpaired) electrons. The molecule has 0 aliphatic rings. The fourth-order valence-electron chi connectivity index (χ4n) is 3.10. The first-order valence-corrected chi connectivity index (χ1v) is 11.1. The van der Waals surface area contributed by atoms with Crippen LogP contribution in [0, 0.1) is 11.6 Å². The molecule has 4 aromatic rings. The number of benzene rings is 3. The van der Waals surface area contributed by atoms with Gasteiger partial charge in [0.1, 0.15) is 17.3 Å². The van der Waals surface area contributed by atoms with Gasteiger partial charge in [-0.15, -0.1) is 0 Å². The summed E-state index contributed by atoms with van der Waals surface area (Å²) in [6.07, 6.45) is 1.12. The minimum absolute atomic E-state index is 0.109. The second-order valence-electron chi connectivity index (χ2n) is 6.94. The molecule has 0 aliphatic carbocycles. The van der Waals surface area contributed by atoms with Crippen LogP contribution in [-0.2, 0) is 9.84 Å². The van der Waals surface area contributed by atoms with Gasteiger partial charge in [0.2, 0.25) is 5.78 Å². The highest BCUT2D eigenvalue weighted by molar-refractivity contribution is 7.90. The van der Waals surface area contributed by atoms with Crippen LogP contribution in [0.5, 0.6) is 0 Å². The quantitative estimate of drug-likeness (QED) is 0.432. The zero-order valence-corrected chi connectivity index (χ0v) is 17.1. The summed E-state index contributed by atoms with van der Waals surface area (Å²) in [5, 5.41) is 4.39. The van der Waals surface area contributed by atoms with Crippen LogP contribution in [0.4, 0.5) is 8.78 Å². The molecule has 0 amide bonds. The molecule has 0 saturated heterocycles. The molecule has 5 nitrogen and oxygen atoms in total. The summed E-state index contributed by atoms with van der Waals surface area (Å²) in [6.45, 7) is 0. The van der Waals surface area contributed by atoms with Gasteiger partial charge in [-0.05, 0) is 66.7 Å². The fraction of sp³-hybridized carbons (Fsp3) is 0.0435. The molecule has 156 valence electrons. The van der Waals surface area contributed by atoms with Crippen molar-refractivity contribution in [2.24, 2.45) is 0 Å². The third kappa shape index (κ3) is 4.29. The molecule has 0 fully saturated rings. The Morgan fingerprint density at radius 1 is 0.839 bits per heavy atom. The number of carbonyl (C=O) groups is 1. The zero-order chi connectivity index (χ0) is 22.2. The maximum Gasteiger partial charge on any atom is 0.213 e.